The summed E-state index contributed by atoms with van der Waals surface area (Å²) in [7, 11) is 0. The number of alkyl halides is 3. The topological polar surface area (TPSA) is 176 Å². The minimum absolute atomic E-state index is 0.0105. The number of nitrogens with one attached hydrogen (secondary N) is 2. The highest BCUT2D eigenvalue weighted by Crippen LogP contribution is 2.52. The molecule has 1 aromatic carbocycles. The fourth-order valence-electron chi connectivity index (χ4n) is 2.23. The molecule has 0 radical (unpaired) electrons. The largest absolute Gasteiger partial charge is 0.504 e. The molecule has 0 bridgehead atoms. The molecule has 0 aliphatic heterocycles. The number of aromatic hydroxyl groups is 2. The Hall–Kier alpha value is -2.07. The van der Waals surface area contributed by atoms with Crippen molar-refractivity contribution >= 4 is 73.9 Å². The Balaban J connectivity index is 2.13. The van der Waals surface area contributed by atoms with E-state index in [-0.39, 0.29) is 58.0 Å². The molecule has 16 heteroatoms. The average Bonchev–Trinajstić information content (AvgIpc) is 3.05. The Labute approximate surface area is 183 Å². The Kier molecular flexibility index (Phi) is 5.96. The third kappa shape index (κ3) is 4.92. The number of anilines is 2. The van der Waals surface area contributed by atoms with Crippen LogP contribution in [0.5, 0.6) is 11.5 Å². The van der Waals surface area contributed by atoms with E-state index in [9.17, 15) is 24.7 Å². The molecule has 0 aliphatic carbocycles. The van der Waals surface area contributed by atoms with Crippen LogP contribution in [0.25, 0.3) is 11.2 Å². The van der Waals surface area contributed by atoms with E-state index in [0.29, 0.717) is 0 Å². The number of rotatable bonds is 7. The lowest BCUT2D eigenvalue weighted by molar-refractivity contribution is -0.285. The van der Waals surface area contributed by atoms with Gasteiger partial charge >= 0.3 is 0 Å². The number of phenolic OH excluding ortho intramolecular Hbond substituents is 2. The summed E-state index contributed by atoms with van der Waals surface area (Å²) in [5.41, 5.74) is 6.43. The van der Waals surface area contributed by atoms with Crippen molar-refractivity contribution in [1.29, 1.82) is 0 Å². The molecular weight excluding hydrogens is 517 g/mol. The van der Waals surface area contributed by atoms with Crippen molar-refractivity contribution in [1.82, 2.24) is 19.9 Å². The van der Waals surface area contributed by atoms with Gasteiger partial charge in [0.05, 0.1) is 12.0 Å². The summed E-state index contributed by atoms with van der Waals surface area (Å²) in [5.74, 6) is -1.21. The molecule has 2 heterocycles. The average molecular weight is 527 g/mol. The third-order valence-corrected chi connectivity index (χ3v) is 5.85. The number of halogens is 3. The molecule has 6 N–H and O–H groups in total. The molecule has 0 aliphatic rings. The van der Waals surface area contributed by atoms with Crippen LogP contribution in [-0.2, 0) is 4.20 Å². The fourth-order valence-corrected chi connectivity index (χ4v) is 5.41. The molecule has 0 saturated carbocycles. The molecule has 2 atom stereocenters. The highest BCUT2D eigenvalue weighted by atomic mass is 79.9. The van der Waals surface area contributed by atoms with Crippen molar-refractivity contribution in [3.8, 4) is 11.5 Å². The van der Waals surface area contributed by atoms with E-state index in [1.165, 1.54) is 24.5 Å². The lowest BCUT2D eigenvalue weighted by Gasteiger charge is -2.24. The number of hydrogen-bond donors (Lipinski definition) is 5. The van der Waals surface area contributed by atoms with Crippen molar-refractivity contribution in [2.24, 2.45) is 5.73 Å². The lowest BCUT2D eigenvalue weighted by Crippen LogP contribution is -2.35. The monoisotopic (exact) mass is 525 g/mol. The van der Waals surface area contributed by atoms with E-state index in [4.69, 9.17) is 17.3 Å². The molecule has 3 rings (SSSR count). The fraction of sp³-hybridized carbons (Fsp3) is 0.154. The molecule has 154 valence electrons. The van der Waals surface area contributed by atoms with Gasteiger partial charge in [-0.2, -0.15) is 0 Å². The zero-order valence-corrected chi connectivity index (χ0v) is 17.8. The summed E-state index contributed by atoms with van der Waals surface area (Å²) in [6.07, 6.45) is 1.29. The normalized spacial score (nSPS) is 15.6. The highest BCUT2D eigenvalue weighted by Gasteiger charge is 2.48. The smallest absolute Gasteiger partial charge is 0.287 e. The number of H-pyrrole nitrogens is 1. The van der Waals surface area contributed by atoms with Gasteiger partial charge in [-0.25, -0.2) is 19.3 Å². The molecule has 3 aromatic rings. The summed E-state index contributed by atoms with van der Waals surface area (Å²) in [6, 6.07) is 4.18. The van der Waals surface area contributed by atoms with Crippen LogP contribution in [0.1, 0.15) is 5.82 Å². The number of fused-ring (bicyclic) bond motifs is 1. The number of aromatic amines is 1. The Morgan fingerprint density at radius 3 is 2.79 bits per heavy atom. The van der Waals surface area contributed by atoms with Crippen molar-refractivity contribution in [2.45, 2.75) is 7.57 Å². The number of thioether (sulfide) groups is 1. The first-order valence-corrected chi connectivity index (χ1v) is 10.1. The van der Waals surface area contributed by atoms with E-state index in [1.54, 1.807) is 0 Å². The maximum atomic E-state index is 14.0. The van der Waals surface area contributed by atoms with Crippen molar-refractivity contribution in [3.63, 3.8) is 0 Å². The predicted molar refractivity (Wildman–Crippen MR) is 111 cm³/mol. The number of nitro groups is 1. The zero-order valence-electron chi connectivity index (χ0n) is 13.8. The van der Waals surface area contributed by atoms with Crippen LogP contribution in [0, 0.1) is 10.1 Å². The SMILES string of the molecule is NC(S[N+](=O)[O-])(SC(F)(Cl)Br)c1nc(Nc2cccc(O)c2O)c2[nH]cnc2n1. The van der Waals surface area contributed by atoms with E-state index in [1.807, 2.05) is 0 Å². The van der Waals surface area contributed by atoms with Gasteiger partial charge in [0.15, 0.2) is 28.8 Å². The van der Waals surface area contributed by atoms with E-state index >= 15 is 0 Å². The summed E-state index contributed by atoms with van der Waals surface area (Å²) >= 11 is 8.12. The first kappa shape index (κ1) is 21.6. The maximum Gasteiger partial charge on any atom is 0.287 e. The Morgan fingerprint density at radius 1 is 1.41 bits per heavy atom. The first-order valence-electron chi connectivity index (χ1n) is 7.37. The van der Waals surface area contributed by atoms with Gasteiger partial charge in [-0.05, 0) is 39.8 Å². The second kappa shape index (κ2) is 7.98. The molecule has 0 saturated heterocycles. The summed E-state index contributed by atoms with van der Waals surface area (Å²) in [6.45, 7) is 0. The van der Waals surface area contributed by atoms with Crippen LogP contribution < -0.4 is 11.1 Å². The molecule has 0 fully saturated rings. The number of nitrogens with zero attached hydrogens (tertiary/aromatic N) is 4. The van der Waals surface area contributed by atoms with Crippen molar-refractivity contribution in [2.75, 3.05) is 5.32 Å². The maximum absolute atomic E-state index is 14.0. The van der Waals surface area contributed by atoms with E-state index in [0.717, 1.165) is 0 Å². The van der Waals surface area contributed by atoms with Gasteiger partial charge in [-0.1, -0.05) is 17.7 Å². The number of benzene rings is 1. The number of phenols is 2. The van der Waals surface area contributed by atoms with Gasteiger partial charge < -0.3 is 20.5 Å². The molecule has 0 amide bonds. The Bertz CT molecular complexity index is 1080. The van der Waals surface area contributed by atoms with Gasteiger partial charge in [0.1, 0.15) is 9.85 Å². The number of hydrogen-bond acceptors (Lipinski definition) is 11. The quantitative estimate of drug-likeness (QED) is 0.0761. The zero-order chi connectivity index (χ0) is 21.4. The molecular formula is C13H10BrClFN7O4S2. The number of para-hydroxylation sites is 1. The predicted octanol–water partition coefficient (Wildman–Crippen LogP) is 3.45. The second-order valence-electron chi connectivity index (χ2n) is 5.33. The standard InChI is InChI=1S/C13H10BrClFN7O4S2/c14-13(15,16)28-12(17,29-23(26)27)11-21-9-7(18-4-19-9)10(22-11)20-5-2-1-3-6(24)8(5)25/h1-4,24-25H,17H2,(H2,18,19,20,21,22). The van der Waals surface area contributed by atoms with Crippen LogP contribution in [0.3, 0.4) is 0 Å². The second-order valence-corrected chi connectivity index (χ2v) is 10.9. The molecule has 29 heavy (non-hydrogen) atoms. The number of aromatic nitrogens is 4. The minimum atomic E-state index is -2.65. The van der Waals surface area contributed by atoms with Gasteiger partial charge in [-0.3, -0.25) is 15.8 Å². The first-order chi connectivity index (χ1) is 13.5. The van der Waals surface area contributed by atoms with E-state index in [2.05, 4.69) is 41.2 Å². The highest BCUT2D eigenvalue weighted by molar-refractivity contribution is 9.12. The van der Waals surface area contributed by atoms with Crippen molar-refractivity contribution < 1.29 is 18.9 Å². The minimum Gasteiger partial charge on any atom is -0.504 e. The molecule has 0 spiro atoms. The molecule has 2 unspecified atom stereocenters. The summed E-state index contributed by atoms with van der Waals surface area (Å²) in [4.78, 5) is 26.0. The van der Waals surface area contributed by atoms with Gasteiger partial charge in [-0.15, -0.1) is 0 Å². The molecule has 11 nitrogen and oxygen atoms in total. The number of imidazole rings is 1. The van der Waals surface area contributed by atoms with Crippen LogP contribution in [0.15, 0.2) is 24.5 Å². The van der Waals surface area contributed by atoms with Crippen LogP contribution >= 0.6 is 51.2 Å². The van der Waals surface area contributed by atoms with Crippen molar-refractivity contribution in [3.05, 3.63) is 40.5 Å². The van der Waals surface area contributed by atoms with Crippen LogP contribution in [0.2, 0.25) is 0 Å². The van der Waals surface area contributed by atoms with Crippen LogP contribution in [-0.4, -0.2) is 37.8 Å². The summed E-state index contributed by atoms with van der Waals surface area (Å²) < 4.78 is 8.35. The lowest BCUT2D eigenvalue weighted by atomic mass is 10.2. The molecule has 2 aromatic heterocycles. The number of nitrogens with two attached hydrogens (primary N) is 1. The van der Waals surface area contributed by atoms with Gasteiger partial charge in [0.2, 0.25) is 4.20 Å². The van der Waals surface area contributed by atoms with E-state index < -0.39 is 17.7 Å². The Morgan fingerprint density at radius 2 is 2.14 bits per heavy atom. The van der Waals surface area contributed by atoms with Gasteiger partial charge in [0.25, 0.3) is 15.3 Å². The third-order valence-electron chi connectivity index (χ3n) is 3.34. The van der Waals surface area contributed by atoms with Gasteiger partial charge in [0, 0.05) is 0 Å². The summed E-state index contributed by atoms with van der Waals surface area (Å²) in [5, 5.41) is 33.5. The van der Waals surface area contributed by atoms with Crippen LogP contribution in [0.4, 0.5) is 15.9 Å².